The van der Waals surface area contributed by atoms with Gasteiger partial charge in [-0.3, -0.25) is 19.2 Å². The third-order valence-electron chi connectivity index (χ3n) is 4.01. The third kappa shape index (κ3) is 1.83. The predicted molar refractivity (Wildman–Crippen MR) is 77.7 cm³/mol. The van der Waals surface area contributed by atoms with E-state index in [2.05, 4.69) is 5.10 Å². The molecular formula is C15H16N4O2. The fraction of sp³-hybridized carbons (Fsp3) is 0.267. The average Bonchev–Trinajstić information content (AvgIpc) is 2.82. The summed E-state index contributed by atoms with van der Waals surface area (Å²) < 4.78 is 1.75. The Morgan fingerprint density at radius 1 is 1.19 bits per heavy atom. The van der Waals surface area contributed by atoms with Crippen LogP contribution in [-0.2, 0) is 13.6 Å². The number of nitrogens with zero attached hydrogens (tertiary/aromatic N) is 3. The van der Waals surface area contributed by atoms with Crippen LogP contribution in [0.25, 0.3) is 0 Å². The number of imide groups is 1. The Morgan fingerprint density at radius 2 is 1.90 bits per heavy atom. The minimum Gasteiger partial charge on any atom is -0.398 e. The van der Waals surface area contributed by atoms with Crippen molar-refractivity contribution < 1.29 is 9.59 Å². The van der Waals surface area contributed by atoms with Crippen molar-refractivity contribution in [1.82, 2.24) is 14.7 Å². The number of amides is 2. The van der Waals surface area contributed by atoms with Crippen LogP contribution in [0, 0.1) is 13.8 Å². The Bertz CT molecular complexity index is 776. The number of nitrogens with two attached hydrogens (primary N) is 1. The summed E-state index contributed by atoms with van der Waals surface area (Å²) in [4.78, 5) is 26.1. The third-order valence-corrected chi connectivity index (χ3v) is 4.01. The number of carbonyl (C=O) groups excluding carboxylic acids is 2. The normalized spacial score (nSPS) is 14.0. The Balaban J connectivity index is 2.01. The second-order valence-corrected chi connectivity index (χ2v) is 5.24. The van der Waals surface area contributed by atoms with Crippen LogP contribution in [0.4, 0.5) is 5.69 Å². The first-order chi connectivity index (χ1) is 9.91. The molecule has 3 rings (SSSR count). The highest BCUT2D eigenvalue weighted by Crippen LogP contribution is 2.29. The van der Waals surface area contributed by atoms with Crippen molar-refractivity contribution in [2.45, 2.75) is 20.4 Å². The van der Waals surface area contributed by atoms with Gasteiger partial charge >= 0.3 is 0 Å². The average molecular weight is 284 g/mol. The van der Waals surface area contributed by atoms with Crippen LogP contribution in [-0.4, -0.2) is 26.5 Å². The van der Waals surface area contributed by atoms with Crippen LogP contribution in [0.1, 0.15) is 37.7 Å². The zero-order chi connectivity index (χ0) is 15.3. The van der Waals surface area contributed by atoms with Crippen molar-refractivity contribution in [3.05, 3.63) is 46.3 Å². The molecular weight excluding hydrogens is 268 g/mol. The van der Waals surface area contributed by atoms with Crippen molar-refractivity contribution in [1.29, 1.82) is 0 Å². The molecule has 2 N–H and O–H groups in total. The standard InChI is InChI=1S/C15H16N4O2/c1-8-11(9(2)18(3)17-8)7-19-14(20)10-5-4-6-12(16)13(10)15(19)21/h4-6H,7,16H2,1-3H3. The highest BCUT2D eigenvalue weighted by molar-refractivity contribution is 6.23. The summed E-state index contributed by atoms with van der Waals surface area (Å²) in [6.07, 6.45) is 0. The maximum atomic E-state index is 12.5. The Hall–Kier alpha value is -2.63. The molecule has 0 unspecified atom stereocenters. The first kappa shape index (κ1) is 13.4. The molecule has 6 heteroatoms. The van der Waals surface area contributed by atoms with Gasteiger partial charge in [0.05, 0.1) is 23.4 Å². The van der Waals surface area contributed by atoms with Crippen molar-refractivity contribution in [3.63, 3.8) is 0 Å². The van der Waals surface area contributed by atoms with Crippen LogP contribution in [0.5, 0.6) is 0 Å². The van der Waals surface area contributed by atoms with E-state index in [-0.39, 0.29) is 18.4 Å². The predicted octanol–water partition coefficient (Wildman–Crippen LogP) is 1.42. The van der Waals surface area contributed by atoms with Crippen molar-refractivity contribution >= 4 is 17.5 Å². The van der Waals surface area contributed by atoms with Gasteiger partial charge in [0.1, 0.15) is 0 Å². The van der Waals surface area contributed by atoms with Gasteiger partial charge in [-0.1, -0.05) is 6.07 Å². The zero-order valence-electron chi connectivity index (χ0n) is 12.2. The highest BCUT2D eigenvalue weighted by atomic mass is 16.2. The minimum absolute atomic E-state index is 0.220. The van der Waals surface area contributed by atoms with Crippen LogP contribution >= 0.6 is 0 Å². The van der Waals surface area contributed by atoms with E-state index in [0.717, 1.165) is 17.0 Å². The monoisotopic (exact) mass is 284 g/mol. The van der Waals surface area contributed by atoms with E-state index < -0.39 is 0 Å². The number of nitrogen functional groups attached to an aromatic ring is 1. The van der Waals surface area contributed by atoms with E-state index in [1.54, 1.807) is 22.9 Å². The zero-order valence-corrected chi connectivity index (χ0v) is 12.2. The number of carbonyl (C=O) groups is 2. The molecule has 0 fully saturated rings. The quantitative estimate of drug-likeness (QED) is 0.668. The molecule has 2 amide bonds. The lowest BCUT2D eigenvalue weighted by atomic mass is 10.1. The molecule has 0 saturated heterocycles. The molecule has 108 valence electrons. The Kier molecular flexibility index (Phi) is 2.83. The van der Waals surface area contributed by atoms with Crippen molar-refractivity contribution in [3.8, 4) is 0 Å². The van der Waals surface area contributed by atoms with E-state index >= 15 is 0 Å². The lowest BCUT2D eigenvalue weighted by molar-refractivity contribution is 0.0642. The van der Waals surface area contributed by atoms with Gasteiger partial charge in [-0.15, -0.1) is 0 Å². The van der Waals surface area contributed by atoms with Gasteiger partial charge in [0.15, 0.2) is 0 Å². The van der Waals surface area contributed by atoms with Gasteiger partial charge in [-0.25, -0.2) is 0 Å². The second kappa shape index (κ2) is 4.44. The molecule has 0 aliphatic carbocycles. The topological polar surface area (TPSA) is 81.2 Å². The minimum atomic E-state index is -0.337. The second-order valence-electron chi connectivity index (χ2n) is 5.24. The molecule has 1 aliphatic rings. The summed E-state index contributed by atoms with van der Waals surface area (Å²) in [5.74, 6) is -0.638. The number of hydrogen-bond donors (Lipinski definition) is 1. The van der Waals surface area contributed by atoms with Crippen LogP contribution in [0.15, 0.2) is 18.2 Å². The molecule has 0 saturated carbocycles. The molecule has 2 aromatic rings. The summed E-state index contributed by atoms with van der Waals surface area (Å²) in [6.45, 7) is 4.01. The number of anilines is 1. The van der Waals surface area contributed by atoms with Gasteiger partial charge in [0.25, 0.3) is 11.8 Å². The Labute approximate surface area is 122 Å². The van der Waals surface area contributed by atoms with Crippen LogP contribution in [0.3, 0.4) is 0 Å². The molecule has 2 heterocycles. The first-order valence-electron chi connectivity index (χ1n) is 6.65. The van der Waals surface area contributed by atoms with Gasteiger partial charge in [0, 0.05) is 24.0 Å². The number of aryl methyl sites for hydroxylation is 2. The number of aromatic nitrogens is 2. The number of hydrogen-bond acceptors (Lipinski definition) is 4. The van der Waals surface area contributed by atoms with E-state index in [1.807, 2.05) is 20.9 Å². The first-order valence-corrected chi connectivity index (χ1v) is 6.65. The molecule has 1 aromatic heterocycles. The van der Waals surface area contributed by atoms with Crippen LogP contribution in [0.2, 0.25) is 0 Å². The van der Waals surface area contributed by atoms with E-state index in [0.29, 0.717) is 16.8 Å². The van der Waals surface area contributed by atoms with E-state index in [4.69, 9.17) is 5.73 Å². The van der Waals surface area contributed by atoms with E-state index in [9.17, 15) is 9.59 Å². The molecule has 0 atom stereocenters. The van der Waals surface area contributed by atoms with Gasteiger partial charge < -0.3 is 5.73 Å². The molecule has 0 spiro atoms. The molecule has 6 nitrogen and oxygen atoms in total. The molecule has 0 radical (unpaired) electrons. The van der Waals surface area contributed by atoms with Crippen molar-refractivity contribution in [2.75, 3.05) is 5.73 Å². The summed E-state index contributed by atoms with van der Waals surface area (Å²) in [6, 6.07) is 4.95. The summed E-state index contributed by atoms with van der Waals surface area (Å²) >= 11 is 0. The van der Waals surface area contributed by atoms with Gasteiger partial charge in [-0.2, -0.15) is 5.10 Å². The van der Waals surface area contributed by atoms with Gasteiger partial charge in [0.2, 0.25) is 0 Å². The fourth-order valence-electron chi connectivity index (χ4n) is 2.71. The fourth-order valence-corrected chi connectivity index (χ4v) is 2.71. The van der Waals surface area contributed by atoms with Crippen LogP contribution < -0.4 is 5.73 Å². The lowest BCUT2D eigenvalue weighted by Gasteiger charge is -2.14. The lowest BCUT2D eigenvalue weighted by Crippen LogP contribution is -2.29. The summed E-state index contributed by atoms with van der Waals surface area (Å²) in [7, 11) is 1.84. The van der Waals surface area contributed by atoms with E-state index in [1.165, 1.54) is 4.90 Å². The summed E-state index contributed by atoms with van der Waals surface area (Å²) in [5, 5.41) is 4.31. The van der Waals surface area contributed by atoms with Crippen molar-refractivity contribution in [2.24, 2.45) is 7.05 Å². The molecule has 1 aliphatic heterocycles. The smallest absolute Gasteiger partial charge is 0.263 e. The largest absolute Gasteiger partial charge is 0.398 e. The SMILES string of the molecule is Cc1nn(C)c(C)c1CN1C(=O)c2cccc(N)c2C1=O. The maximum Gasteiger partial charge on any atom is 0.263 e. The molecule has 0 bridgehead atoms. The molecule has 1 aromatic carbocycles. The number of fused-ring (bicyclic) bond motifs is 1. The maximum absolute atomic E-state index is 12.5. The number of rotatable bonds is 2. The Morgan fingerprint density at radius 3 is 2.48 bits per heavy atom. The highest BCUT2D eigenvalue weighted by Gasteiger charge is 2.37. The number of benzene rings is 1. The van der Waals surface area contributed by atoms with Gasteiger partial charge in [-0.05, 0) is 26.0 Å². The summed E-state index contributed by atoms with van der Waals surface area (Å²) in [5.41, 5.74) is 9.50. The molecule has 21 heavy (non-hydrogen) atoms.